The van der Waals surface area contributed by atoms with Gasteiger partial charge in [-0.3, -0.25) is 4.79 Å². The van der Waals surface area contributed by atoms with E-state index in [1.54, 1.807) is 0 Å². The highest BCUT2D eigenvalue weighted by Crippen LogP contribution is 2.22. The maximum absolute atomic E-state index is 13.3. The topological polar surface area (TPSA) is 46.5 Å². The number of aromatic amines is 1. The quantitative estimate of drug-likeness (QED) is 0.768. The van der Waals surface area contributed by atoms with Crippen LogP contribution in [0.15, 0.2) is 53.3 Å². The number of morpholine rings is 1. The van der Waals surface area contributed by atoms with Gasteiger partial charge in [-0.15, -0.1) is 0 Å². The smallest absolute Gasteiger partial charge is 0.198 e. The molecule has 2 heterocycles. The zero-order valence-electron chi connectivity index (χ0n) is 14.5. The van der Waals surface area contributed by atoms with Crippen molar-refractivity contribution >= 4 is 10.9 Å². The summed E-state index contributed by atoms with van der Waals surface area (Å²) in [5, 5.41) is 0.780. The number of benzene rings is 2. The van der Waals surface area contributed by atoms with Gasteiger partial charge in [-0.2, -0.15) is 0 Å². The van der Waals surface area contributed by atoms with Crippen molar-refractivity contribution in [3.05, 3.63) is 69.9 Å². The van der Waals surface area contributed by atoms with Gasteiger partial charge in [0.25, 0.3) is 0 Å². The summed E-state index contributed by atoms with van der Waals surface area (Å²) in [6.45, 7) is 6.17. The molecule has 1 fully saturated rings. The third-order valence-corrected chi connectivity index (χ3v) is 4.94. The second-order valence-corrected chi connectivity index (χ2v) is 6.76. The number of rotatable bonds is 3. The third kappa shape index (κ3) is 3.23. The summed E-state index contributed by atoms with van der Waals surface area (Å²) in [5.74, 6) is 0. The van der Waals surface area contributed by atoms with Crippen LogP contribution in [0.3, 0.4) is 0 Å². The minimum absolute atomic E-state index is 0.148. The highest BCUT2D eigenvalue weighted by atomic mass is 16.5. The number of hydrogen-bond acceptors (Lipinski definition) is 2. The highest BCUT2D eigenvalue weighted by molar-refractivity contribution is 5.83. The first-order valence-electron chi connectivity index (χ1n) is 8.84. The Hall–Kier alpha value is -2.43. The van der Waals surface area contributed by atoms with Gasteiger partial charge < -0.3 is 14.6 Å². The fourth-order valence-corrected chi connectivity index (χ4v) is 3.55. The summed E-state index contributed by atoms with van der Waals surface area (Å²) in [7, 11) is 0. The van der Waals surface area contributed by atoms with Crippen molar-refractivity contribution in [1.82, 2.24) is 4.98 Å². The van der Waals surface area contributed by atoms with E-state index in [0.717, 1.165) is 66.1 Å². The van der Waals surface area contributed by atoms with Gasteiger partial charge in [0.2, 0.25) is 0 Å². The second kappa shape index (κ2) is 6.82. The molecule has 1 saturated heterocycles. The molecule has 2 aromatic carbocycles. The predicted octanol–water partition coefficient (Wildman–Crippen LogP) is 1.92. The van der Waals surface area contributed by atoms with Gasteiger partial charge >= 0.3 is 0 Å². The minimum atomic E-state index is 0.148. The SMILES string of the molecule is Cc1ccc2[nH]c(-c3ccccc3)c(C[NH+]3CCOCC3)c(=O)c2c1. The van der Waals surface area contributed by atoms with Crippen LogP contribution in [0.4, 0.5) is 0 Å². The molecule has 0 spiro atoms. The van der Waals surface area contributed by atoms with Crippen molar-refractivity contribution in [1.29, 1.82) is 0 Å². The standard InChI is InChI=1S/C21H22N2O2/c1-15-7-8-19-17(13-15)21(24)18(14-23-9-11-25-12-10-23)20(22-19)16-5-3-2-4-6-16/h2-8,13H,9-12,14H2,1H3,(H,22,24)/p+1. The van der Waals surface area contributed by atoms with Crippen LogP contribution in [0.5, 0.6) is 0 Å². The van der Waals surface area contributed by atoms with Gasteiger partial charge in [-0.05, 0) is 24.6 Å². The second-order valence-electron chi connectivity index (χ2n) is 6.76. The third-order valence-electron chi connectivity index (χ3n) is 4.94. The van der Waals surface area contributed by atoms with Crippen LogP contribution in [0, 0.1) is 6.92 Å². The maximum atomic E-state index is 13.3. The molecule has 0 atom stereocenters. The molecule has 128 valence electrons. The fourth-order valence-electron chi connectivity index (χ4n) is 3.55. The Bertz CT molecular complexity index is 941. The molecule has 4 rings (SSSR count). The monoisotopic (exact) mass is 335 g/mol. The maximum Gasteiger partial charge on any atom is 0.198 e. The highest BCUT2D eigenvalue weighted by Gasteiger charge is 2.21. The number of quaternary nitrogens is 1. The number of nitrogens with one attached hydrogen (secondary N) is 2. The summed E-state index contributed by atoms with van der Waals surface area (Å²) in [5.41, 5.74) is 5.03. The van der Waals surface area contributed by atoms with Crippen molar-refractivity contribution in [2.24, 2.45) is 0 Å². The minimum Gasteiger partial charge on any atom is -0.370 e. The van der Waals surface area contributed by atoms with Gasteiger partial charge in [-0.25, -0.2) is 0 Å². The Morgan fingerprint density at radius 1 is 1.08 bits per heavy atom. The van der Waals surface area contributed by atoms with Crippen molar-refractivity contribution in [3.8, 4) is 11.3 Å². The summed E-state index contributed by atoms with van der Waals surface area (Å²) >= 11 is 0. The molecule has 4 heteroatoms. The van der Waals surface area contributed by atoms with Crippen LogP contribution < -0.4 is 10.3 Å². The average Bonchev–Trinajstić information content (AvgIpc) is 2.66. The van der Waals surface area contributed by atoms with E-state index in [1.165, 1.54) is 4.90 Å². The molecule has 0 radical (unpaired) electrons. The first-order valence-corrected chi connectivity index (χ1v) is 8.84. The Morgan fingerprint density at radius 2 is 1.84 bits per heavy atom. The first kappa shape index (κ1) is 16.1. The van der Waals surface area contributed by atoms with Crippen molar-refractivity contribution in [3.63, 3.8) is 0 Å². The number of aryl methyl sites for hydroxylation is 1. The molecule has 0 saturated carbocycles. The van der Waals surface area contributed by atoms with Crippen LogP contribution in [-0.2, 0) is 11.3 Å². The van der Waals surface area contributed by atoms with Crippen molar-refractivity contribution in [2.45, 2.75) is 13.5 Å². The van der Waals surface area contributed by atoms with Gasteiger partial charge in [0.05, 0.1) is 24.5 Å². The van der Waals surface area contributed by atoms with E-state index in [0.29, 0.717) is 0 Å². The van der Waals surface area contributed by atoms with E-state index in [4.69, 9.17) is 4.74 Å². The van der Waals surface area contributed by atoms with Gasteiger partial charge in [0.1, 0.15) is 19.6 Å². The molecule has 1 aliphatic rings. The van der Waals surface area contributed by atoms with E-state index in [9.17, 15) is 4.79 Å². The fraction of sp³-hybridized carbons (Fsp3) is 0.286. The lowest BCUT2D eigenvalue weighted by atomic mass is 10.0. The largest absolute Gasteiger partial charge is 0.370 e. The molecule has 0 bridgehead atoms. The Balaban J connectivity index is 1.89. The Labute approximate surface area is 147 Å². The first-order chi connectivity index (χ1) is 12.2. The number of H-pyrrole nitrogens is 1. The molecular weight excluding hydrogens is 312 g/mol. The Morgan fingerprint density at radius 3 is 2.60 bits per heavy atom. The number of pyridine rings is 1. The molecular formula is C21H23N2O2+. The molecule has 3 aromatic rings. The van der Waals surface area contributed by atoms with E-state index in [-0.39, 0.29) is 5.43 Å². The van der Waals surface area contributed by atoms with E-state index in [1.807, 2.05) is 43.3 Å². The molecule has 0 unspecified atom stereocenters. The molecule has 4 nitrogen and oxygen atoms in total. The molecule has 25 heavy (non-hydrogen) atoms. The predicted molar refractivity (Wildman–Crippen MR) is 100.0 cm³/mol. The van der Waals surface area contributed by atoms with Crippen molar-refractivity contribution < 1.29 is 9.64 Å². The van der Waals surface area contributed by atoms with Crippen LogP contribution in [0.2, 0.25) is 0 Å². The number of ether oxygens (including phenoxy) is 1. The average molecular weight is 335 g/mol. The zero-order chi connectivity index (χ0) is 17.2. The van der Waals surface area contributed by atoms with Crippen LogP contribution in [0.25, 0.3) is 22.2 Å². The lowest BCUT2D eigenvalue weighted by Crippen LogP contribution is -3.13. The summed E-state index contributed by atoms with van der Waals surface area (Å²) in [6.07, 6.45) is 0. The lowest BCUT2D eigenvalue weighted by Gasteiger charge is -2.24. The number of aromatic nitrogens is 1. The molecule has 0 aliphatic carbocycles. The normalized spacial score (nSPS) is 15.6. The zero-order valence-corrected chi connectivity index (χ0v) is 14.5. The van der Waals surface area contributed by atoms with E-state index in [2.05, 4.69) is 17.1 Å². The van der Waals surface area contributed by atoms with Crippen molar-refractivity contribution in [2.75, 3.05) is 26.3 Å². The molecule has 1 aromatic heterocycles. The molecule has 2 N–H and O–H groups in total. The van der Waals surface area contributed by atoms with Gasteiger partial charge in [0, 0.05) is 10.9 Å². The Kier molecular flexibility index (Phi) is 4.38. The van der Waals surface area contributed by atoms with Gasteiger partial charge in [-0.1, -0.05) is 42.0 Å². The number of hydrogen-bond donors (Lipinski definition) is 2. The molecule has 0 amide bonds. The van der Waals surface area contributed by atoms with E-state index < -0.39 is 0 Å². The van der Waals surface area contributed by atoms with Crippen LogP contribution >= 0.6 is 0 Å². The summed E-state index contributed by atoms with van der Waals surface area (Å²) in [4.78, 5) is 18.2. The summed E-state index contributed by atoms with van der Waals surface area (Å²) in [6, 6.07) is 16.2. The van der Waals surface area contributed by atoms with Crippen LogP contribution in [0.1, 0.15) is 11.1 Å². The lowest BCUT2D eigenvalue weighted by molar-refractivity contribution is -0.921. The number of fused-ring (bicyclic) bond motifs is 1. The summed E-state index contributed by atoms with van der Waals surface area (Å²) < 4.78 is 5.46. The molecule has 1 aliphatic heterocycles. The van der Waals surface area contributed by atoms with E-state index >= 15 is 0 Å². The van der Waals surface area contributed by atoms with Crippen LogP contribution in [-0.4, -0.2) is 31.3 Å². The van der Waals surface area contributed by atoms with Gasteiger partial charge in [0.15, 0.2) is 5.43 Å².